The molecule has 8 aromatic rings. The Kier molecular flexibility index (Phi) is 5.49. The van der Waals surface area contributed by atoms with Gasteiger partial charge in [0.05, 0.1) is 0 Å². The predicted octanol–water partition coefficient (Wildman–Crippen LogP) is 12.7. The van der Waals surface area contributed by atoms with Crippen LogP contribution >= 0.6 is 15.9 Å². The lowest BCUT2D eigenvalue weighted by molar-refractivity contribution is 0.661. The van der Waals surface area contributed by atoms with Crippen molar-refractivity contribution in [3.05, 3.63) is 155 Å². The van der Waals surface area contributed by atoms with Crippen LogP contribution in [0.1, 0.15) is 25.0 Å². The van der Waals surface area contributed by atoms with E-state index in [0.29, 0.717) is 0 Å². The molecule has 0 saturated carbocycles. The van der Waals surface area contributed by atoms with Gasteiger partial charge in [-0.25, -0.2) is 0 Å². The minimum Gasteiger partial charge on any atom is -0.0619 e. The third-order valence-corrected chi connectivity index (χ3v) is 10.4. The summed E-state index contributed by atoms with van der Waals surface area (Å²) in [6.45, 7) is 4.76. The zero-order valence-corrected chi connectivity index (χ0v) is 26.2. The van der Waals surface area contributed by atoms with E-state index in [1.807, 2.05) is 0 Å². The van der Waals surface area contributed by atoms with Crippen LogP contribution in [0.25, 0.3) is 76.5 Å². The van der Waals surface area contributed by atoms with Gasteiger partial charge < -0.3 is 0 Å². The van der Waals surface area contributed by atoms with Crippen molar-refractivity contribution in [1.29, 1.82) is 0 Å². The molecular weight excluding hydrogens is 596 g/mol. The fraction of sp³-hybridized carbons (Fsp3) is 0.0698. The van der Waals surface area contributed by atoms with Gasteiger partial charge in [0.2, 0.25) is 0 Å². The maximum atomic E-state index is 3.86. The van der Waals surface area contributed by atoms with E-state index in [1.165, 1.54) is 87.6 Å². The van der Waals surface area contributed by atoms with Gasteiger partial charge in [-0.1, -0.05) is 145 Å². The number of hydrogen-bond donors (Lipinski definition) is 0. The number of halogens is 1. The highest BCUT2D eigenvalue weighted by Gasteiger charge is 2.36. The molecule has 0 amide bonds. The van der Waals surface area contributed by atoms with Crippen LogP contribution in [-0.2, 0) is 5.41 Å². The molecule has 0 bridgehead atoms. The number of rotatable bonds is 2. The molecule has 0 heterocycles. The maximum absolute atomic E-state index is 3.86. The highest BCUT2D eigenvalue weighted by Crippen LogP contribution is 2.54. The number of fused-ring (bicyclic) bond motifs is 7. The monoisotopic (exact) mass is 624 g/mol. The fourth-order valence-electron chi connectivity index (χ4n) is 7.86. The quantitative estimate of drug-likeness (QED) is 0.168. The van der Waals surface area contributed by atoms with Crippen LogP contribution in [0.4, 0.5) is 0 Å². The van der Waals surface area contributed by atoms with Crippen LogP contribution in [0.5, 0.6) is 0 Å². The van der Waals surface area contributed by atoms with E-state index in [1.54, 1.807) is 0 Å². The van der Waals surface area contributed by atoms with Crippen LogP contribution in [0.15, 0.2) is 144 Å². The smallest absolute Gasteiger partial charge is 0.0181 e. The molecular formula is C43H29Br. The highest BCUT2D eigenvalue weighted by molar-refractivity contribution is 9.10. The summed E-state index contributed by atoms with van der Waals surface area (Å²) in [6.07, 6.45) is 0. The Balaban J connectivity index is 1.55. The van der Waals surface area contributed by atoms with Crippen LogP contribution in [-0.4, -0.2) is 0 Å². The second-order valence-corrected chi connectivity index (χ2v) is 13.5. The molecule has 9 rings (SSSR count). The van der Waals surface area contributed by atoms with Crippen molar-refractivity contribution in [1.82, 2.24) is 0 Å². The van der Waals surface area contributed by atoms with E-state index in [-0.39, 0.29) is 5.41 Å². The first-order valence-electron chi connectivity index (χ1n) is 15.3. The van der Waals surface area contributed by atoms with Gasteiger partial charge in [0.1, 0.15) is 0 Å². The third kappa shape index (κ3) is 3.57. The average Bonchev–Trinajstić information content (AvgIpc) is 3.28. The zero-order valence-electron chi connectivity index (χ0n) is 24.7. The summed E-state index contributed by atoms with van der Waals surface area (Å²) in [5.74, 6) is 0. The van der Waals surface area contributed by atoms with E-state index in [9.17, 15) is 0 Å². The molecule has 0 aromatic heterocycles. The Morgan fingerprint density at radius 3 is 1.61 bits per heavy atom. The summed E-state index contributed by atoms with van der Waals surface area (Å²) in [5, 5.41) is 10.2. The Hall–Kier alpha value is -4.72. The lowest BCUT2D eigenvalue weighted by Gasteiger charge is -2.24. The lowest BCUT2D eigenvalue weighted by atomic mass is 9.79. The fourth-order valence-corrected chi connectivity index (χ4v) is 8.22. The first kappa shape index (κ1) is 25.7. The largest absolute Gasteiger partial charge is 0.0619 e. The maximum Gasteiger partial charge on any atom is 0.0181 e. The third-order valence-electron chi connectivity index (χ3n) is 9.90. The van der Waals surface area contributed by atoms with Gasteiger partial charge in [-0.05, 0) is 112 Å². The SMILES string of the molecule is CC1(C)c2ccccc2-c2cc3c(-c4cccc5ccccc45)c4ccc(Br)cc4c(-c4cccc5ccccc45)c3cc21. The molecule has 0 unspecified atom stereocenters. The second-order valence-electron chi connectivity index (χ2n) is 12.6. The summed E-state index contributed by atoms with van der Waals surface area (Å²) in [5.41, 5.74) is 10.5. The van der Waals surface area contributed by atoms with Crippen molar-refractivity contribution < 1.29 is 0 Å². The summed E-state index contributed by atoms with van der Waals surface area (Å²) < 4.78 is 1.09. The number of benzene rings is 8. The Labute approximate surface area is 265 Å². The molecule has 1 aliphatic rings. The molecule has 0 spiro atoms. The molecule has 0 atom stereocenters. The van der Waals surface area contributed by atoms with E-state index in [2.05, 4.69) is 169 Å². The van der Waals surface area contributed by atoms with Crippen molar-refractivity contribution in [3.63, 3.8) is 0 Å². The first-order chi connectivity index (χ1) is 21.5. The molecule has 0 nitrogen and oxygen atoms in total. The van der Waals surface area contributed by atoms with Gasteiger partial charge in [0.15, 0.2) is 0 Å². The van der Waals surface area contributed by atoms with Crippen molar-refractivity contribution in [2.24, 2.45) is 0 Å². The van der Waals surface area contributed by atoms with E-state index >= 15 is 0 Å². The molecule has 0 fully saturated rings. The lowest BCUT2D eigenvalue weighted by Crippen LogP contribution is -2.14. The molecule has 0 saturated heterocycles. The normalized spacial score (nSPS) is 13.5. The molecule has 1 heteroatoms. The standard InChI is InChI=1S/C43H29Br/c1-43(2)39-20-8-7-17-31(39)35-24-37-38(25-40(35)43)42(33-19-10-14-27-12-4-6-16-30(27)33)36-23-28(44)21-22-34(36)41(37)32-18-9-13-26-11-3-5-15-29(26)32/h3-25H,1-2H3. The van der Waals surface area contributed by atoms with Crippen molar-refractivity contribution >= 4 is 59.0 Å². The molecule has 0 N–H and O–H groups in total. The van der Waals surface area contributed by atoms with Crippen LogP contribution in [0.2, 0.25) is 0 Å². The van der Waals surface area contributed by atoms with Gasteiger partial charge in [0, 0.05) is 9.89 Å². The Morgan fingerprint density at radius 2 is 0.909 bits per heavy atom. The summed E-state index contributed by atoms with van der Waals surface area (Å²) in [6, 6.07) is 51.9. The average molecular weight is 626 g/mol. The van der Waals surface area contributed by atoms with Crippen molar-refractivity contribution in [2.45, 2.75) is 19.3 Å². The topological polar surface area (TPSA) is 0 Å². The van der Waals surface area contributed by atoms with Crippen molar-refractivity contribution in [2.75, 3.05) is 0 Å². The molecule has 208 valence electrons. The summed E-state index contributed by atoms with van der Waals surface area (Å²) in [7, 11) is 0. The zero-order chi connectivity index (χ0) is 29.6. The first-order valence-corrected chi connectivity index (χ1v) is 16.1. The molecule has 44 heavy (non-hydrogen) atoms. The molecule has 1 aliphatic carbocycles. The van der Waals surface area contributed by atoms with E-state index < -0.39 is 0 Å². The second kappa shape index (κ2) is 9.39. The minimum absolute atomic E-state index is 0.0953. The summed E-state index contributed by atoms with van der Waals surface area (Å²) >= 11 is 3.86. The van der Waals surface area contributed by atoms with Gasteiger partial charge in [0.25, 0.3) is 0 Å². The van der Waals surface area contributed by atoms with Gasteiger partial charge in [-0.2, -0.15) is 0 Å². The van der Waals surface area contributed by atoms with Crippen LogP contribution < -0.4 is 0 Å². The van der Waals surface area contributed by atoms with Gasteiger partial charge >= 0.3 is 0 Å². The van der Waals surface area contributed by atoms with Crippen molar-refractivity contribution in [3.8, 4) is 33.4 Å². The van der Waals surface area contributed by atoms with Crippen LogP contribution in [0, 0.1) is 0 Å². The predicted molar refractivity (Wildman–Crippen MR) is 193 cm³/mol. The highest BCUT2D eigenvalue weighted by atomic mass is 79.9. The molecule has 0 aliphatic heterocycles. The Bertz CT molecular complexity index is 2470. The molecule has 0 radical (unpaired) electrons. The summed E-state index contributed by atoms with van der Waals surface area (Å²) in [4.78, 5) is 0. The van der Waals surface area contributed by atoms with Crippen LogP contribution in [0.3, 0.4) is 0 Å². The van der Waals surface area contributed by atoms with E-state index in [0.717, 1.165) is 4.47 Å². The Morgan fingerprint density at radius 1 is 0.386 bits per heavy atom. The van der Waals surface area contributed by atoms with E-state index in [4.69, 9.17) is 0 Å². The van der Waals surface area contributed by atoms with Gasteiger partial charge in [-0.15, -0.1) is 0 Å². The van der Waals surface area contributed by atoms with Gasteiger partial charge in [-0.3, -0.25) is 0 Å². The minimum atomic E-state index is -0.0953. The molecule has 8 aromatic carbocycles. The number of hydrogen-bond acceptors (Lipinski definition) is 0.